The van der Waals surface area contributed by atoms with Crippen LogP contribution in [-0.2, 0) is 31.9 Å². The van der Waals surface area contributed by atoms with Crippen molar-refractivity contribution < 1.29 is 45.4 Å². The van der Waals surface area contributed by atoms with Gasteiger partial charge in [0.2, 0.25) is 0 Å². The third kappa shape index (κ3) is 10.5. The lowest BCUT2D eigenvalue weighted by molar-refractivity contribution is -0.158. The number of carbonyl (C=O) groups is 2. The number of alkyl halides is 3. The molecule has 1 fully saturated rings. The highest BCUT2D eigenvalue weighted by atomic mass is 35.5. The van der Waals surface area contributed by atoms with E-state index >= 15 is 0 Å². The minimum atomic E-state index is -4.44. The fourth-order valence-electron chi connectivity index (χ4n) is 5.07. The Hall–Kier alpha value is -3.48. The van der Waals surface area contributed by atoms with Crippen LogP contribution >= 0.6 is 11.6 Å². The molecule has 1 aliphatic heterocycles. The monoisotopic (exact) mass is 656 g/mol. The van der Waals surface area contributed by atoms with Crippen molar-refractivity contribution in [2.75, 3.05) is 19.8 Å². The second-order valence-corrected chi connectivity index (χ2v) is 11.3. The number of Topliss-reactive ketones (excluding diaryl/α,β-unsaturated/α-hetero) is 1. The number of carbonyl (C=O) groups excluding carboxylic acids is 2. The molecule has 1 aromatic heterocycles. The number of halogens is 7. The highest BCUT2D eigenvalue weighted by molar-refractivity contribution is 6.30. The van der Waals surface area contributed by atoms with Gasteiger partial charge in [-0.05, 0) is 59.4 Å². The first-order valence-electron chi connectivity index (χ1n) is 14.3. The van der Waals surface area contributed by atoms with E-state index in [1.165, 1.54) is 42.6 Å². The highest BCUT2D eigenvalue weighted by Gasteiger charge is 2.29. The SMILES string of the molecule is O=C(Cc1cncc(F)c1CC[C@@H]1CN[C@H](COC(=O)CCC(F)(F)F)CO1)C[C@H](c1ccc(F)cc1)c1ccc(Cl)c(F)c1. The standard InChI is InChI=1S/C32H31ClF6N2O4/c33-28-8-3-20(12-29(28)35)27(19-1-4-22(34)5-2-19)13-24(42)11-21-14-40-16-30(36)26(21)7-6-25-15-41-23(17-44-25)18-45-31(43)9-10-32(37,38)39/h1-5,8,12,14,16,23,25,27,41H,6-7,9-11,13,15,17-18H2/t23-,25+,27+/m0/s1. The fraction of sp³-hybridized carbons (Fsp3) is 0.406. The van der Waals surface area contributed by atoms with Crippen LogP contribution in [-0.4, -0.2) is 54.8 Å². The van der Waals surface area contributed by atoms with Gasteiger partial charge in [-0.2, -0.15) is 13.2 Å². The maximum Gasteiger partial charge on any atom is 0.389 e. The largest absolute Gasteiger partial charge is 0.464 e. The molecule has 4 rings (SSSR count). The molecule has 1 saturated heterocycles. The fourth-order valence-corrected chi connectivity index (χ4v) is 5.19. The van der Waals surface area contributed by atoms with Crippen LogP contribution in [0.5, 0.6) is 0 Å². The summed E-state index contributed by atoms with van der Waals surface area (Å²) in [5, 5.41) is 3.04. The lowest BCUT2D eigenvalue weighted by Gasteiger charge is -2.30. The lowest BCUT2D eigenvalue weighted by Crippen LogP contribution is -2.49. The Balaban J connectivity index is 1.34. The van der Waals surface area contributed by atoms with Gasteiger partial charge in [0.25, 0.3) is 0 Å². The molecule has 0 spiro atoms. The molecular weight excluding hydrogens is 626 g/mol. The molecule has 2 aromatic carbocycles. The number of morpholine rings is 1. The highest BCUT2D eigenvalue weighted by Crippen LogP contribution is 2.32. The van der Waals surface area contributed by atoms with E-state index in [4.69, 9.17) is 21.1 Å². The number of nitrogens with one attached hydrogen (secondary N) is 1. The van der Waals surface area contributed by atoms with Crippen LogP contribution in [0.1, 0.15) is 53.9 Å². The van der Waals surface area contributed by atoms with E-state index in [9.17, 15) is 35.9 Å². The number of ketones is 1. The van der Waals surface area contributed by atoms with E-state index in [0.717, 1.165) is 6.20 Å². The predicted molar refractivity (Wildman–Crippen MR) is 153 cm³/mol. The molecule has 13 heteroatoms. The molecule has 0 radical (unpaired) electrons. The van der Waals surface area contributed by atoms with Gasteiger partial charge in [0.05, 0.1) is 42.8 Å². The molecule has 242 valence electrons. The second-order valence-electron chi connectivity index (χ2n) is 10.9. The molecule has 2 heterocycles. The average Bonchev–Trinajstić information content (AvgIpc) is 2.99. The number of nitrogens with zero attached hydrogens (tertiary/aromatic N) is 1. The second kappa shape index (κ2) is 15.7. The summed E-state index contributed by atoms with van der Waals surface area (Å²) in [5.41, 5.74) is 1.78. The van der Waals surface area contributed by atoms with E-state index in [1.807, 2.05) is 0 Å². The maximum atomic E-state index is 14.9. The van der Waals surface area contributed by atoms with Crippen molar-refractivity contribution in [2.45, 2.75) is 62.8 Å². The molecule has 0 saturated carbocycles. The summed E-state index contributed by atoms with van der Waals surface area (Å²) in [6, 6.07) is 9.38. The van der Waals surface area contributed by atoms with Gasteiger partial charge in [0.1, 0.15) is 29.8 Å². The van der Waals surface area contributed by atoms with Crippen molar-refractivity contribution in [3.8, 4) is 0 Å². The number of rotatable bonds is 13. The molecule has 45 heavy (non-hydrogen) atoms. The first-order valence-corrected chi connectivity index (χ1v) is 14.7. The zero-order valence-electron chi connectivity index (χ0n) is 24.0. The average molecular weight is 657 g/mol. The minimum absolute atomic E-state index is 0.0690. The number of hydrogen-bond acceptors (Lipinski definition) is 6. The van der Waals surface area contributed by atoms with Crippen molar-refractivity contribution >= 4 is 23.4 Å². The normalized spacial score (nSPS) is 17.6. The Morgan fingerprint density at radius 1 is 1.04 bits per heavy atom. The van der Waals surface area contributed by atoms with Crippen LogP contribution in [0.25, 0.3) is 0 Å². The molecule has 3 atom stereocenters. The van der Waals surface area contributed by atoms with Crippen molar-refractivity contribution in [1.29, 1.82) is 0 Å². The molecular formula is C32H31ClF6N2O4. The Morgan fingerprint density at radius 3 is 2.44 bits per heavy atom. The van der Waals surface area contributed by atoms with Gasteiger partial charge in [-0.15, -0.1) is 0 Å². The molecule has 1 aliphatic rings. The molecule has 0 unspecified atom stereocenters. The van der Waals surface area contributed by atoms with Crippen LogP contribution in [0, 0.1) is 17.5 Å². The first kappa shape index (κ1) is 34.4. The zero-order chi connectivity index (χ0) is 32.6. The van der Waals surface area contributed by atoms with Crippen LogP contribution < -0.4 is 5.32 Å². The zero-order valence-corrected chi connectivity index (χ0v) is 24.8. The Bertz CT molecular complexity index is 1460. The number of esters is 1. The number of hydrogen-bond donors (Lipinski definition) is 1. The lowest BCUT2D eigenvalue weighted by atomic mass is 9.85. The topological polar surface area (TPSA) is 77.5 Å². The maximum absolute atomic E-state index is 14.9. The van der Waals surface area contributed by atoms with Crippen LogP contribution in [0.15, 0.2) is 54.9 Å². The molecule has 0 amide bonds. The summed E-state index contributed by atoms with van der Waals surface area (Å²) in [7, 11) is 0. The summed E-state index contributed by atoms with van der Waals surface area (Å²) < 4.78 is 90.3. The van der Waals surface area contributed by atoms with Crippen molar-refractivity contribution in [3.63, 3.8) is 0 Å². The number of benzene rings is 2. The Kier molecular flexibility index (Phi) is 12.0. The Morgan fingerprint density at radius 2 is 1.78 bits per heavy atom. The quantitative estimate of drug-likeness (QED) is 0.164. The van der Waals surface area contributed by atoms with E-state index in [1.54, 1.807) is 6.07 Å². The van der Waals surface area contributed by atoms with Gasteiger partial charge < -0.3 is 14.8 Å². The molecule has 1 N–H and O–H groups in total. The predicted octanol–water partition coefficient (Wildman–Crippen LogP) is 6.66. The van der Waals surface area contributed by atoms with E-state index in [2.05, 4.69) is 10.3 Å². The smallest absolute Gasteiger partial charge is 0.389 e. The van der Waals surface area contributed by atoms with Crippen LogP contribution in [0.4, 0.5) is 26.3 Å². The van der Waals surface area contributed by atoms with Crippen molar-refractivity contribution in [2.24, 2.45) is 0 Å². The third-order valence-corrected chi connectivity index (χ3v) is 7.78. The molecule has 0 aliphatic carbocycles. The van der Waals surface area contributed by atoms with E-state index in [-0.39, 0.29) is 49.4 Å². The van der Waals surface area contributed by atoms with Gasteiger partial charge >= 0.3 is 12.1 Å². The molecule has 3 aromatic rings. The van der Waals surface area contributed by atoms with Gasteiger partial charge in [0, 0.05) is 31.5 Å². The summed E-state index contributed by atoms with van der Waals surface area (Å²) in [6.45, 7) is 0.330. The van der Waals surface area contributed by atoms with Gasteiger partial charge in [-0.1, -0.05) is 29.8 Å². The van der Waals surface area contributed by atoms with Gasteiger partial charge in [0.15, 0.2) is 0 Å². The van der Waals surface area contributed by atoms with Gasteiger partial charge in [-0.3, -0.25) is 14.6 Å². The summed E-state index contributed by atoms with van der Waals surface area (Å²) in [6.07, 6.45) is -3.89. The summed E-state index contributed by atoms with van der Waals surface area (Å²) in [5.74, 6) is -3.51. The van der Waals surface area contributed by atoms with E-state index < -0.39 is 54.4 Å². The van der Waals surface area contributed by atoms with E-state index in [0.29, 0.717) is 35.2 Å². The summed E-state index contributed by atoms with van der Waals surface area (Å²) in [4.78, 5) is 28.8. The number of ether oxygens (including phenoxy) is 2. The Labute approximate surface area is 261 Å². The number of aromatic nitrogens is 1. The van der Waals surface area contributed by atoms with Crippen molar-refractivity contribution in [1.82, 2.24) is 10.3 Å². The van der Waals surface area contributed by atoms with Gasteiger partial charge in [-0.25, -0.2) is 13.2 Å². The molecule has 6 nitrogen and oxygen atoms in total. The summed E-state index contributed by atoms with van der Waals surface area (Å²) >= 11 is 5.84. The van der Waals surface area contributed by atoms with Crippen molar-refractivity contribution in [3.05, 3.63) is 99.6 Å². The van der Waals surface area contributed by atoms with Crippen LogP contribution in [0.2, 0.25) is 5.02 Å². The third-order valence-electron chi connectivity index (χ3n) is 7.47. The van der Waals surface area contributed by atoms with Crippen LogP contribution in [0.3, 0.4) is 0 Å². The minimum Gasteiger partial charge on any atom is -0.464 e. The first-order chi connectivity index (χ1) is 21.4. The number of pyridine rings is 1. The molecule has 0 bridgehead atoms.